The molecule has 2 aromatic rings. The summed E-state index contributed by atoms with van der Waals surface area (Å²) in [6.07, 6.45) is 10.1. The molecular formula is C23H29N7O2S. The summed E-state index contributed by atoms with van der Waals surface area (Å²) < 4.78 is 24.0. The number of anilines is 2. The van der Waals surface area contributed by atoms with Crippen LogP contribution in [-0.2, 0) is 16.4 Å². The van der Waals surface area contributed by atoms with Crippen LogP contribution in [0.3, 0.4) is 0 Å². The lowest BCUT2D eigenvalue weighted by molar-refractivity contribution is -0.0591. The van der Waals surface area contributed by atoms with E-state index in [0.717, 1.165) is 31.6 Å². The highest BCUT2D eigenvalue weighted by molar-refractivity contribution is 7.90. The molecule has 10 heteroatoms. The second-order valence-electron chi connectivity index (χ2n) is 10.1. The van der Waals surface area contributed by atoms with Crippen LogP contribution in [0.4, 0.5) is 11.8 Å². The molecule has 4 aliphatic rings. The molecule has 2 heterocycles. The molecule has 0 amide bonds. The molecule has 4 N–H and O–H groups in total. The average Bonchev–Trinajstić information content (AvgIpc) is 2.79. The van der Waals surface area contributed by atoms with Gasteiger partial charge < -0.3 is 16.4 Å². The summed E-state index contributed by atoms with van der Waals surface area (Å²) in [5.41, 5.74) is 7.63. The largest absolute Gasteiger partial charge is 0.368 e. The van der Waals surface area contributed by atoms with Crippen LogP contribution < -0.4 is 16.4 Å². The molecule has 4 bridgehead atoms. The molecule has 0 aliphatic heterocycles. The van der Waals surface area contributed by atoms with Gasteiger partial charge in [-0.15, -0.1) is 0 Å². The van der Waals surface area contributed by atoms with Gasteiger partial charge in [0.05, 0.1) is 6.20 Å². The smallest absolute Gasteiger partial charge is 0.224 e. The Morgan fingerprint density at radius 1 is 1.21 bits per heavy atom. The lowest BCUT2D eigenvalue weighted by Gasteiger charge is -2.59. The summed E-state index contributed by atoms with van der Waals surface area (Å²) >= 11 is 0. The molecule has 174 valence electrons. The molecule has 5 atom stereocenters. The molecule has 0 aromatic carbocycles. The van der Waals surface area contributed by atoms with E-state index < -0.39 is 9.84 Å². The van der Waals surface area contributed by atoms with Crippen molar-refractivity contribution < 1.29 is 8.42 Å². The van der Waals surface area contributed by atoms with Crippen molar-refractivity contribution in [1.82, 2.24) is 15.0 Å². The minimum Gasteiger partial charge on any atom is -0.368 e. The monoisotopic (exact) mass is 467 g/mol. The van der Waals surface area contributed by atoms with Crippen molar-refractivity contribution in [3.63, 3.8) is 0 Å². The Kier molecular flexibility index (Phi) is 5.49. The molecule has 0 radical (unpaired) electrons. The van der Waals surface area contributed by atoms with E-state index in [1.807, 2.05) is 0 Å². The van der Waals surface area contributed by atoms with E-state index in [2.05, 4.69) is 31.7 Å². The number of nitriles is 1. The molecule has 1 unspecified atom stereocenters. The van der Waals surface area contributed by atoms with Gasteiger partial charge in [-0.05, 0) is 61.3 Å². The molecule has 9 nitrogen and oxygen atoms in total. The maximum atomic E-state index is 12.0. The number of sulfone groups is 1. The molecule has 0 saturated heterocycles. The van der Waals surface area contributed by atoms with Gasteiger partial charge in [0.15, 0.2) is 14.9 Å². The lowest BCUT2D eigenvalue weighted by Crippen LogP contribution is -2.58. The van der Waals surface area contributed by atoms with Gasteiger partial charge in [-0.25, -0.2) is 18.4 Å². The Balaban J connectivity index is 1.30. The van der Waals surface area contributed by atoms with Crippen molar-refractivity contribution in [3.8, 4) is 6.07 Å². The zero-order valence-corrected chi connectivity index (χ0v) is 19.5. The zero-order valence-electron chi connectivity index (χ0n) is 18.7. The second-order valence-corrected chi connectivity index (χ2v) is 12.0. The van der Waals surface area contributed by atoms with Gasteiger partial charge in [-0.3, -0.25) is 0 Å². The third-order valence-electron chi connectivity index (χ3n) is 7.65. The van der Waals surface area contributed by atoms with Crippen LogP contribution in [0.2, 0.25) is 0 Å². The number of nitrogens with one attached hydrogen (secondary N) is 2. The maximum Gasteiger partial charge on any atom is 0.224 e. The van der Waals surface area contributed by atoms with Crippen LogP contribution in [0.15, 0.2) is 29.6 Å². The summed E-state index contributed by atoms with van der Waals surface area (Å²) in [5, 5.41) is 16.1. The number of pyridine rings is 1. The van der Waals surface area contributed by atoms with Gasteiger partial charge in [-0.1, -0.05) is 6.07 Å². The third kappa shape index (κ3) is 4.27. The van der Waals surface area contributed by atoms with Crippen LogP contribution in [0, 0.1) is 34.5 Å². The van der Waals surface area contributed by atoms with Crippen LogP contribution in [0.5, 0.6) is 0 Å². The molecule has 4 saturated carbocycles. The van der Waals surface area contributed by atoms with Gasteiger partial charge in [-0.2, -0.15) is 10.2 Å². The Morgan fingerprint density at radius 2 is 1.97 bits per heavy atom. The van der Waals surface area contributed by atoms with Crippen molar-refractivity contribution in [2.24, 2.45) is 28.9 Å². The fourth-order valence-electron chi connectivity index (χ4n) is 6.47. The van der Waals surface area contributed by atoms with Crippen molar-refractivity contribution in [3.05, 3.63) is 35.7 Å². The van der Waals surface area contributed by atoms with E-state index in [0.29, 0.717) is 40.8 Å². The number of rotatable bonds is 7. The number of hydrogen-bond acceptors (Lipinski definition) is 9. The van der Waals surface area contributed by atoms with E-state index in [1.54, 1.807) is 12.1 Å². The van der Waals surface area contributed by atoms with E-state index in [-0.39, 0.29) is 17.0 Å². The normalized spacial score (nSPS) is 30.1. The molecule has 4 aliphatic carbocycles. The summed E-state index contributed by atoms with van der Waals surface area (Å²) in [5.74, 6) is 2.82. The van der Waals surface area contributed by atoms with Crippen LogP contribution >= 0.6 is 0 Å². The molecule has 0 spiro atoms. The molecule has 2 aromatic heterocycles. The quantitative estimate of drug-likeness (QED) is 0.558. The molecular weight excluding hydrogens is 438 g/mol. The Morgan fingerprint density at radius 3 is 2.67 bits per heavy atom. The van der Waals surface area contributed by atoms with Crippen molar-refractivity contribution in [2.45, 2.75) is 49.7 Å². The predicted octanol–water partition coefficient (Wildman–Crippen LogP) is 2.32. The minimum atomic E-state index is -3.45. The zero-order chi connectivity index (χ0) is 23.2. The van der Waals surface area contributed by atoms with E-state index in [9.17, 15) is 13.7 Å². The van der Waals surface area contributed by atoms with Crippen LogP contribution in [-0.4, -0.2) is 42.2 Å². The summed E-state index contributed by atoms with van der Waals surface area (Å²) in [6.45, 7) is 0.976. The SMILES string of the molecule is CS(=O)(=O)c1ncccc1CNc1ncc(C#N)c(NC[C@]23CC4C[C@H](C2)[C@@H](N)[C@@H](C4)C3)n1. The number of aromatic nitrogens is 3. The maximum absolute atomic E-state index is 12.0. The summed E-state index contributed by atoms with van der Waals surface area (Å²) in [6, 6.07) is 5.90. The highest BCUT2D eigenvalue weighted by Crippen LogP contribution is 2.59. The van der Waals surface area contributed by atoms with Gasteiger partial charge in [0.1, 0.15) is 17.5 Å². The van der Waals surface area contributed by atoms with E-state index in [4.69, 9.17) is 5.73 Å². The fraction of sp³-hybridized carbons (Fsp3) is 0.565. The van der Waals surface area contributed by atoms with Crippen molar-refractivity contribution in [2.75, 3.05) is 23.4 Å². The molecule has 4 fully saturated rings. The summed E-state index contributed by atoms with van der Waals surface area (Å²) in [7, 11) is -3.45. The fourth-order valence-corrected chi connectivity index (χ4v) is 7.34. The number of nitrogens with two attached hydrogens (primary N) is 1. The van der Waals surface area contributed by atoms with Gasteiger partial charge in [0.25, 0.3) is 0 Å². The van der Waals surface area contributed by atoms with Crippen molar-refractivity contribution in [1.29, 1.82) is 5.26 Å². The van der Waals surface area contributed by atoms with E-state index >= 15 is 0 Å². The molecule has 33 heavy (non-hydrogen) atoms. The first-order valence-electron chi connectivity index (χ1n) is 11.4. The van der Waals surface area contributed by atoms with Crippen LogP contribution in [0.1, 0.15) is 43.2 Å². The second kappa shape index (κ2) is 8.22. The topological polar surface area (TPSA) is 147 Å². The Bertz CT molecular complexity index is 1190. The molecule has 6 rings (SSSR count). The van der Waals surface area contributed by atoms with Crippen LogP contribution in [0.25, 0.3) is 0 Å². The standard InChI is InChI=1S/C23H29N7O2S/c1-33(31,32)21-15(3-2-4-26-21)11-27-22-28-12-18(10-24)20(30-22)29-13-23-7-14-5-16(8-23)19(25)17(6-14)9-23/h2-4,12,14,16-17,19H,5-9,11,13,25H2,1H3,(H2,27,28,29,30)/t14?,16-,17+,19-,23-. The number of hydrogen-bond donors (Lipinski definition) is 3. The Hall–Kier alpha value is -2.77. The van der Waals surface area contributed by atoms with Crippen molar-refractivity contribution >= 4 is 21.6 Å². The number of nitrogens with zero attached hydrogens (tertiary/aromatic N) is 4. The van der Waals surface area contributed by atoms with E-state index in [1.165, 1.54) is 31.7 Å². The predicted molar refractivity (Wildman–Crippen MR) is 124 cm³/mol. The first-order valence-corrected chi connectivity index (χ1v) is 13.3. The third-order valence-corrected chi connectivity index (χ3v) is 8.72. The first-order chi connectivity index (χ1) is 15.8. The van der Waals surface area contributed by atoms with Gasteiger partial charge in [0.2, 0.25) is 5.95 Å². The van der Waals surface area contributed by atoms with Gasteiger partial charge >= 0.3 is 0 Å². The lowest BCUT2D eigenvalue weighted by atomic mass is 9.48. The summed E-state index contributed by atoms with van der Waals surface area (Å²) in [4.78, 5) is 12.8. The first kappa shape index (κ1) is 22.0. The van der Waals surface area contributed by atoms with Gasteiger partial charge in [0, 0.05) is 37.1 Å². The minimum absolute atomic E-state index is 0.0320. The highest BCUT2D eigenvalue weighted by Gasteiger charge is 2.54. The highest BCUT2D eigenvalue weighted by atomic mass is 32.2. The Labute approximate surface area is 194 Å². The average molecular weight is 468 g/mol.